The van der Waals surface area contributed by atoms with Crippen LogP contribution in [0.5, 0.6) is 0 Å². The summed E-state index contributed by atoms with van der Waals surface area (Å²) >= 11 is 0. The van der Waals surface area contributed by atoms with Crippen LogP contribution in [-0.4, -0.2) is 20.8 Å². The zero-order valence-electron chi connectivity index (χ0n) is 9.90. The predicted molar refractivity (Wildman–Crippen MR) is 66.0 cm³/mol. The zero-order chi connectivity index (χ0) is 12.7. The molecule has 1 saturated carbocycles. The van der Waals surface area contributed by atoms with E-state index in [-0.39, 0.29) is 23.7 Å². The predicted octanol–water partition coefficient (Wildman–Crippen LogP) is 1.94. The summed E-state index contributed by atoms with van der Waals surface area (Å²) in [5, 5.41) is 9.50. The van der Waals surface area contributed by atoms with Crippen molar-refractivity contribution in [2.75, 3.05) is 0 Å². The molecule has 0 unspecified atom stereocenters. The van der Waals surface area contributed by atoms with Crippen LogP contribution in [0.15, 0.2) is 23.0 Å². The number of H-pyrrole nitrogens is 1. The number of nitrogens with one attached hydrogen (secondary N) is 1. The Bertz CT molecular complexity index is 623. The molecule has 0 bridgehead atoms. The van der Waals surface area contributed by atoms with Gasteiger partial charge in [0, 0.05) is 6.04 Å². The third kappa shape index (κ3) is 1.84. The van der Waals surface area contributed by atoms with Gasteiger partial charge in [-0.15, -0.1) is 0 Å². The Balaban J connectivity index is 2.06. The maximum Gasteiger partial charge on any atom is 0.326 e. The lowest BCUT2D eigenvalue weighted by atomic mass is 9.93. The first-order valence-electron chi connectivity index (χ1n) is 6.23. The molecule has 1 aromatic carbocycles. The van der Waals surface area contributed by atoms with Crippen LogP contribution in [0.1, 0.15) is 31.7 Å². The molecule has 0 aliphatic heterocycles. The van der Waals surface area contributed by atoms with Crippen LogP contribution < -0.4 is 5.69 Å². The Labute approximate surface area is 103 Å². The third-order valence-electron chi connectivity index (χ3n) is 3.71. The minimum absolute atomic E-state index is 0.0973. The lowest BCUT2D eigenvalue weighted by molar-refractivity contribution is 0.111. The topological polar surface area (TPSA) is 58.0 Å². The van der Waals surface area contributed by atoms with Gasteiger partial charge in [-0.3, -0.25) is 4.57 Å². The summed E-state index contributed by atoms with van der Waals surface area (Å²) in [7, 11) is 0. The third-order valence-corrected chi connectivity index (χ3v) is 3.71. The Morgan fingerprint density at radius 1 is 1.28 bits per heavy atom. The molecule has 0 spiro atoms. The van der Waals surface area contributed by atoms with Crippen molar-refractivity contribution in [2.24, 2.45) is 0 Å². The number of aromatic amines is 1. The highest BCUT2D eigenvalue weighted by molar-refractivity contribution is 5.75. The van der Waals surface area contributed by atoms with Crippen molar-refractivity contribution >= 4 is 11.0 Å². The van der Waals surface area contributed by atoms with Gasteiger partial charge in [0.2, 0.25) is 0 Å². The van der Waals surface area contributed by atoms with Gasteiger partial charge in [0.15, 0.2) is 0 Å². The molecule has 18 heavy (non-hydrogen) atoms. The van der Waals surface area contributed by atoms with Crippen LogP contribution in [0, 0.1) is 5.82 Å². The van der Waals surface area contributed by atoms with Gasteiger partial charge in [0.1, 0.15) is 5.82 Å². The molecule has 3 rings (SSSR count). The summed E-state index contributed by atoms with van der Waals surface area (Å²) < 4.78 is 14.8. The highest BCUT2D eigenvalue weighted by Crippen LogP contribution is 2.29. The fourth-order valence-corrected chi connectivity index (χ4v) is 2.78. The second-order valence-corrected chi connectivity index (χ2v) is 4.92. The molecule has 4 nitrogen and oxygen atoms in total. The molecule has 2 aromatic rings. The standard InChI is InChI=1S/C13H15FN2O2/c14-8-1-6-12-11(7-8)15-13(18)16(12)9-2-4-10(17)5-3-9/h1,6-7,9-10,17H,2-5H2,(H,15,18). The first-order chi connectivity index (χ1) is 8.65. The van der Waals surface area contributed by atoms with Crippen molar-refractivity contribution in [1.29, 1.82) is 0 Å². The lowest BCUT2D eigenvalue weighted by Gasteiger charge is -2.26. The van der Waals surface area contributed by atoms with E-state index in [4.69, 9.17) is 0 Å². The normalized spacial score (nSPS) is 24.6. The number of aromatic nitrogens is 2. The summed E-state index contributed by atoms with van der Waals surface area (Å²) in [5.41, 5.74) is 1.07. The monoisotopic (exact) mass is 250 g/mol. The van der Waals surface area contributed by atoms with E-state index in [2.05, 4.69) is 4.98 Å². The van der Waals surface area contributed by atoms with Crippen molar-refractivity contribution < 1.29 is 9.50 Å². The highest BCUT2D eigenvalue weighted by Gasteiger charge is 2.23. The molecule has 0 saturated heterocycles. The van der Waals surface area contributed by atoms with Crippen LogP contribution in [0.2, 0.25) is 0 Å². The van der Waals surface area contributed by atoms with E-state index in [1.54, 1.807) is 10.6 Å². The zero-order valence-corrected chi connectivity index (χ0v) is 9.90. The number of aliphatic hydroxyl groups excluding tert-OH is 1. The number of halogens is 1. The van der Waals surface area contributed by atoms with E-state index in [0.717, 1.165) is 18.4 Å². The summed E-state index contributed by atoms with van der Waals surface area (Å²) in [5.74, 6) is -0.352. The maximum atomic E-state index is 13.1. The fourth-order valence-electron chi connectivity index (χ4n) is 2.78. The van der Waals surface area contributed by atoms with E-state index in [1.165, 1.54) is 12.1 Å². The highest BCUT2D eigenvalue weighted by atomic mass is 19.1. The molecule has 0 amide bonds. The number of fused-ring (bicyclic) bond motifs is 1. The molecular weight excluding hydrogens is 235 g/mol. The fraction of sp³-hybridized carbons (Fsp3) is 0.462. The molecule has 2 N–H and O–H groups in total. The maximum absolute atomic E-state index is 13.1. The molecule has 1 heterocycles. The van der Waals surface area contributed by atoms with Gasteiger partial charge in [0.25, 0.3) is 0 Å². The molecule has 1 aromatic heterocycles. The number of imidazole rings is 1. The SMILES string of the molecule is O=c1[nH]c2cc(F)ccc2n1C1CCC(O)CC1. The Morgan fingerprint density at radius 3 is 2.72 bits per heavy atom. The number of aliphatic hydroxyl groups is 1. The molecule has 96 valence electrons. The Kier molecular flexibility index (Phi) is 2.70. The smallest absolute Gasteiger partial charge is 0.326 e. The van der Waals surface area contributed by atoms with Crippen molar-refractivity contribution in [1.82, 2.24) is 9.55 Å². The van der Waals surface area contributed by atoms with Gasteiger partial charge in [-0.2, -0.15) is 0 Å². The van der Waals surface area contributed by atoms with Crippen LogP contribution in [0.25, 0.3) is 11.0 Å². The number of hydrogen-bond acceptors (Lipinski definition) is 2. The second kappa shape index (κ2) is 4.24. The molecule has 0 radical (unpaired) electrons. The second-order valence-electron chi connectivity index (χ2n) is 4.92. The molecular formula is C13H15FN2O2. The van der Waals surface area contributed by atoms with Gasteiger partial charge in [0.05, 0.1) is 17.1 Å². The molecule has 5 heteroatoms. The molecule has 1 aliphatic carbocycles. The molecule has 1 fully saturated rings. The minimum atomic E-state index is -0.352. The Hall–Kier alpha value is -1.62. The van der Waals surface area contributed by atoms with Gasteiger partial charge >= 0.3 is 5.69 Å². The summed E-state index contributed by atoms with van der Waals surface area (Å²) in [4.78, 5) is 14.6. The number of benzene rings is 1. The average Bonchev–Trinajstić information content (AvgIpc) is 2.65. The van der Waals surface area contributed by atoms with Crippen molar-refractivity contribution in [3.05, 3.63) is 34.5 Å². The summed E-state index contributed by atoms with van der Waals surface area (Å²) in [6, 6.07) is 4.43. The Morgan fingerprint density at radius 2 is 2.00 bits per heavy atom. The van der Waals surface area contributed by atoms with Crippen molar-refractivity contribution in [2.45, 2.75) is 37.8 Å². The summed E-state index contributed by atoms with van der Waals surface area (Å²) in [6.07, 6.45) is 2.74. The van der Waals surface area contributed by atoms with E-state index in [1.807, 2.05) is 0 Å². The minimum Gasteiger partial charge on any atom is -0.393 e. The van der Waals surface area contributed by atoms with Gasteiger partial charge in [-0.1, -0.05) is 0 Å². The van der Waals surface area contributed by atoms with E-state index >= 15 is 0 Å². The van der Waals surface area contributed by atoms with E-state index in [0.29, 0.717) is 18.4 Å². The summed E-state index contributed by atoms with van der Waals surface area (Å²) in [6.45, 7) is 0. The largest absolute Gasteiger partial charge is 0.393 e. The number of hydrogen-bond donors (Lipinski definition) is 2. The molecule has 0 atom stereocenters. The van der Waals surface area contributed by atoms with E-state index < -0.39 is 0 Å². The van der Waals surface area contributed by atoms with Crippen LogP contribution >= 0.6 is 0 Å². The van der Waals surface area contributed by atoms with Gasteiger partial charge < -0.3 is 10.1 Å². The van der Waals surface area contributed by atoms with Crippen molar-refractivity contribution in [3.63, 3.8) is 0 Å². The van der Waals surface area contributed by atoms with E-state index in [9.17, 15) is 14.3 Å². The van der Waals surface area contributed by atoms with Crippen LogP contribution in [0.4, 0.5) is 4.39 Å². The number of rotatable bonds is 1. The average molecular weight is 250 g/mol. The van der Waals surface area contributed by atoms with Gasteiger partial charge in [-0.05, 0) is 43.9 Å². The van der Waals surface area contributed by atoms with Crippen LogP contribution in [0.3, 0.4) is 0 Å². The number of nitrogens with zero attached hydrogens (tertiary/aromatic N) is 1. The van der Waals surface area contributed by atoms with Crippen molar-refractivity contribution in [3.8, 4) is 0 Å². The molecule has 1 aliphatic rings. The first kappa shape index (κ1) is 11.5. The first-order valence-corrected chi connectivity index (χ1v) is 6.23. The van der Waals surface area contributed by atoms with Crippen LogP contribution in [-0.2, 0) is 0 Å². The lowest BCUT2D eigenvalue weighted by Crippen LogP contribution is -2.27. The van der Waals surface area contributed by atoms with Gasteiger partial charge in [-0.25, -0.2) is 9.18 Å². The quantitative estimate of drug-likeness (QED) is 0.812.